The second-order valence-corrected chi connectivity index (χ2v) is 4.08. The van der Waals surface area contributed by atoms with Crippen LogP contribution in [0.5, 0.6) is 5.75 Å². The van der Waals surface area contributed by atoms with Gasteiger partial charge in [0.15, 0.2) is 5.82 Å². The topological polar surface area (TPSA) is 62.8 Å². The summed E-state index contributed by atoms with van der Waals surface area (Å²) in [4.78, 5) is 4.39. The summed E-state index contributed by atoms with van der Waals surface area (Å²) in [5.41, 5.74) is 1.26. The van der Waals surface area contributed by atoms with Crippen LogP contribution in [0.4, 0.5) is 0 Å². The zero-order valence-corrected chi connectivity index (χ0v) is 10.7. The first-order chi connectivity index (χ1) is 8.81. The molecule has 0 amide bonds. The Kier molecular flexibility index (Phi) is 4.30. The van der Waals surface area contributed by atoms with Crippen molar-refractivity contribution in [2.24, 2.45) is 0 Å². The number of hydrogen-bond donors (Lipinski definition) is 2. The first kappa shape index (κ1) is 12.6. The van der Waals surface area contributed by atoms with Gasteiger partial charge in [0.25, 0.3) is 0 Å². The summed E-state index contributed by atoms with van der Waals surface area (Å²) in [5, 5.41) is 10.1. The van der Waals surface area contributed by atoms with Crippen molar-refractivity contribution in [2.75, 3.05) is 14.2 Å². The van der Waals surface area contributed by atoms with E-state index < -0.39 is 0 Å². The minimum Gasteiger partial charge on any atom is -0.497 e. The molecule has 1 aromatic carbocycles. The van der Waals surface area contributed by atoms with E-state index in [1.807, 2.05) is 19.2 Å². The first-order valence-corrected chi connectivity index (χ1v) is 5.99. The molecule has 0 unspecified atom stereocenters. The molecule has 0 saturated heterocycles. The van der Waals surface area contributed by atoms with Crippen molar-refractivity contribution in [2.45, 2.75) is 19.4 Å². The van der Waals surface area contributed by atoms with E-state index in [9.17, 15) is 0 Å². The van der Waals surface area contributed by atoms with Gasteiger partial charge in [-0.05, 0) is 31.2 Å². The van der Waals surface area contributed by atoms with E-state index in [2.05, 4.69) is 32.6 Å². The summed E-state index contributed by atoms with van der Waals surface area (Å²) >= 11 is 0. The van der Waals surface area contributed by atoms with Crippen molar-refractivity contribution in [3.05, 3.63) is 41.5 Å². The van der Waals surface area contributed by atoms with Gasteiger partial charge in [0.2, 0.25) is 0 Å². The number of benzene rings is 1. The number of aryl methyl sites for hydroxylation is 2. The van der Waals surface area contributed by atoms with Gasteiger partial charge in [0, 0.05) is 6.42 Å². The Morgan fingerprint density at radius 1 is 1.22 bits per heavy atom. The molecule has 0 spiro atoms. The molecule has 5 nitrogen and oxygen atoms in total. The molecular formula is C13H18N4O. The van der Waals surface area contributed by atoms with Crippen LogP contribution in [0.3, 0.4) is 0 Å². The summed E-state index contributed by atoms with van der Waals surface area (Å²) in [6.45, 7) is 0.718. The molecule has 1 heterocycles. The third kappa shape index (κ3) is 3.30. The fraction of sp³-hybridized carbons (Fsp3) is 0.385. The van der Waals surface area contributed by atoms with Crippen LogP contribution in [0.2, 0.25) is 0 Å². The maximum absolute atomic E-state index is 5.13. The van der Waals surface area contributed by atoms with Gasteiger partial charge in [-0.1, -0.05) is 12.1 Å². The molecular weight excluding hydrogens is 228 g/mol. The summed E-state index contributed by atoms with van der Waals surface area (Å²) in [6, 6.07) is 8.08. The molecule has 5 heteroatoms. The maximum Gasteiger partial charge on any atom is 0.151 e. The highest BCUT2D eigenvalue weighted by atomic mass is 16.5. The van der Waals surface area contributed by atoms with E-state index >= 15 is 0 Å². The molecule has 0 fully saturated rings. The van der Waals surface area contributed by atoms with Crippen LogP contribution < -0.4 is 10.1 Å². The highest BCUT2D eigenvalue weighted by Gasteiger charge is 2.03. The Hall–Kier alpha value is -1.88. The third-order valence-corrected chi connectivity index (χ3v) is 2.72. The minimum absolute atomic E-state index is 0.718. The normalized spacial score (nSPS) is 10.6. The van der Waals surface area contributed by atoms with Gasteiger partial charge in [-0.15, -0.1) is 0 Å². The van der Waals surface area contributed by atoms with Crippen molar-refractivity contribution in [3.63, 3.8) is 0 Å². The van der Waals surface area contributed by atoms with Gasteiger partial charge in [-0.25, -0.2) is 4.98 Å². The van der Waals surface area contributed by atoms with E-state index in [0.717, 1.165) is 36.8 Å². The van der Waals surface area contributed by atoms with E-state index in [1.54, 1.807) is 7.11 Å². The van der Waals surface area contributed by atoms with Gasteiger partial charge < -0.3 is 10.1 Å². The van der Waals surface area contributed by atoms with Crippen LogP contribution in [0.1, 0.15) is 17.2 Å². The van der Waals surface area contributed by atoms with E-state index in [0.29, 0.717) is 0 Å². The molecule has 0 aliphatic carbocycles. The van der Waals surface area contributed by atoms with Crippen molar-refractivity contribution in [3.8, 4) is 5.75 Å². The maximum atomic E-state index is 5.13. The van der Waals surface area contributed by atoms with Gasteiger partial charge in [0.05, 0.1) is 13.7 Å². The summed E-state index contributed by atoms with van der Waals surface area (Å²) < 4.78 is 5.13. The Labute approximate surface area is 107 Å². The molecule has 0 aliphatic rings. The fourth-order valence-electron chi connectivity index (χ4n) is 1.74. The lowest BCUT2D eigenvalue weighted by molar-refractivity contribution is 0.414. The zero-order valence-electron chi connectivity index (χ0n) is 10.7. The zero-order chi connectivity index (χ0) is 12.8. The predicted molar refractivity (Wildman–Crippen MR) is 69.5 cm³/mol. The average molecular weight is 246 g/mol. The minimum atomic E-state index is 0.718. The fourth-order valence-corrected chi connectivity index (χ4v) is 1.74. The molecule has 0 saturated carbocycles. The molecule has 2 N–H and O–H groups in total. The second-order valence-electron chi connectivity index (χ2n) is 4.08. The van der Waals surface area contributed by atoms with Crippen LogP contribution in [0, 0.1) is 0 Å². The highest BCUT2D eigenvalue weighted by Crippen LogP contribution is 2.12. The number of nitrogens with one attached hydrogen (secondary N) is 2. The molecule has 0 atom stereocenters. The lowest BCUT2D eigenvalue weighted by atomic mass is 10.1. The smallest absolute Gasteiger partial charge is 0.151 e. The number of rotatable bonds is 6. The van der Waals surface area contributed by atoms with Crippen LogP contribution in [-0.2, 0) is 19.4 Å². The lowest BCUT2D eigenvalue weighted by Crippen LogP contribution is -2.06. The van der Waals surface area contributed by atoms with Crippen LogP contribution in [0.25, 0.3) is 0 Å². The molecule has 2 rings (SSSR count). The van der Waals surface area contributed by atoms with Gasteiger partial charge in [-0.2, -0.15) is 5.10 Å². The standard InChI is InChI=1S/C13H18N4O/c1-14-9-13-15-12(16-17-13)8-5-10-3-6-11(18-2)7-4-10/h3-4,6-7,14H,5,8-9H2,1-2H3,(H,15,16,17). The van der Waals surface area contributed by atoms with E-state index in [-0.39, 0.29) is 0 Å². The molecule has 96 valence electrons. The second kappa shape index (κ2) is 6.16. The molecule has 1 aromatic heterocycles. The summed E-state index contributed by atoms with van der Waals surface area (Å²) in [7, 11) is 3.56. The molecule has 0 aliphatic heterocycles. The number of aromatic amines is 1. The largest absolute Gasteiger partial charge is 0.497 e. The van der Waals surface area contributed by atoms with Gasteiger partial charge >= 0.3 is 0 Å². The SMILES string of the molecule is CNCc1nc(CCc2ccc(OC)cc2)n[nH]1. The number of H-pyrrole nitrogens is 1. The molecule has 0 bridgehead atoms. The quantitative estimate of drug-likeness (QED) is 0.807. The Morgan fingerprint density at radius 3 is 2.67 bits per heavy atom. The van der Waals surface area contributed by atoms with E-state index in [1.165, 1.54) is 5.56 Å². The highest BCUT2D eigenvalue weighted by molar-refractivity contribution is 5.27. The van der Waals surface area contributed by atoms with Crippen molar-refractivity contribution in [1.29, 1.82) is 0 Å². The number of hydrogen-bond acceptors (Lipinski definition) is 4. The third-order valence-electron chi connectivity index (χ3n) is 2.72. The van der Waals surface area contributed by atoms with E-state index in [4.69, 9.17) is 4.74 Å². The monoisotopic (exact) mass is 246 g/mol. The first-order valence-electron chi connectivity index (χ1n) is 5.99. The van der Waals surface area contributed by atoms with Gasteiger partial charge in [-0.3, -0.25) is 5.10 Å². The van der Waals surface area contributed by atoms with Gasteiger partial charge in [0.1, 0.15) is 11.6 Å². The number of nitrogens with zero attached hydrogens (tertiary/aromatic N) is 2. The molecule has 2 aromatic rings. The number of methoxy groups -OCH3 is 1. The molecule has 18 heavy (non-hydrogen) atoms. The Morgan fingerprint density at radius 2 is 2.00 bits per heavy atom. The average Bonchev–Trinajstić information content (AvgIpc) is 2.85. The predicted octanol–water partition coefficient (Wildman–Crippen LogP) is 1.32. The number of aromatic nitrogens is 3. The van der Waals surface area contributed by atoms with Crippen molar-refractivity contribution >= 4 is 0 Å². The Balaban J connectivity index is 1.89. The Bertz CT molecular complexity index is 478. The van der Waals surface area contributed by atoms with Crippen LogP contribution in [0.15, 0.2) is 24.3 Å². The van der Waals surface area contributed by atoms with Crippen LogP contribution in [-0.4, -0.2) is 29.3 Å². The summed E-state index contributed by atoms with van der Waals surface area (Å²) in [5.74, 6) is 2.62. The van der Waals surface area contributed by atoms with Crippen molar-refractivity contribution in [1.82, 2.24) is 20.5 Å². The lowest BCUT2D eigenvalue weighted by Gasteiger charge is -2.01. The van der Waals surface area contributed by atoms with Crippen LogP contribution >= 0.6 is 0 Å². The summed E-state index contributed by atoms with van der Waals surface area (Å²) in [6.07, 6.45) is 1.77. The number of ether oxygens (including phenoxy) is 1. The van der Waals surface area contributed by atoms with Crippen molar-refractivity contribution < 1.29 is 4.74 Å². The molecule has 0 radical (unpaired) electrons.